The molecular weight excluding hydrogens is 304 g/mol. The van der Waals surface area contributed by atoms with Crippen LogP contribution in [0.5, 0.6) is 0 Å². The van der Waals surface area contributed by atoms with E-state index in [1.807, 2.05) is 24.4 Å². The maximum atomic E-state index is 5.65. The van der Waals surface area contributed by atoms with E-state index in [0.29, 0.717) is 17.2 Å². The number of rotatable bonds is 4. The number of thiophene rings is 1. The molecule has 0 saturated heterocycles. The zero-order chi connectivity index (χ0) is 15.5. The van der Waals surface area contributed by atoms with Crippen LogP contribution in [0.3, 0.4) is 0 Å². The van der Waals surface area contributed by atoms with Gasteiger partial charge in [-0.3, -0.25) is 0 Å². The van der Waals surface area contributed by atoms with Gasteiger partial charge in [-0.2, -0.15) is 14.9 Å². The molecule has 0 aliphatic rings. The molecular formula is C12H12N8OS. The van der Waals surface area contributed by atoms with Crippen molar-refractivity contribution in [2.24, 2.45) is 10.2 Å². The van der Waals surface area contributed by atoms with E-state index in [1.54, 1.807) is 24.5 Å². The average Bonchev–Trinajstić information content (AvgIpc) is 3.21. The molecule has 0 fully saturated rings. The van der Waals surface area contributed by atoms with Crippen LogP contribution in [-0.4, -0.2) is 37.2 Å². The second-order valence-electron chi connectivity index (χ2n) is 4.35. The van der Waals surface area contributed by atoms with Gasteiger partial charge in [0.05, 0.1) is 17.6 Å². The summed E-state index contributed by atoms with van der Waals surface area (Å²) < 4.78 is 6.01. The molecule has 2 N–H and O–H groups in total. The van der Waals surface area contributed by atoms with Gasteiger partial charge in [0, 0.05) is 4.88 Å². The molecule has 0 atom stereocenters. The summed E-state index contributed by atoms with van der Waals surface area (Å²) in [7, 11) is 0. The first-order valence-corrected chi connectivity index (χ1v) is 7.17. The normalized spacial score (nSPS) is 12.4. The van der Waals surface area contributed by atoms with Gasteiger partial charge in [0.25, 0.3) is 0 Å². The van der Waals surface area contributed by atoms with Crippen LogP contribution >= 0.6 is 11.3 Å². The van der Waals surface area contributed by atoms with E-state index < -0.39 is 0 Å². The van der Waals surface area contributed by atoms with E-state index in [2.05, 4.69) is 35.5 Å². The van der Waals surface area contributed by atoms with E-state index >= 15 is 0 Å². The molecule has 3 rings (SSSR count). The van der Waals surface area contributed by atoms with Crippen LogP contribution in [0, 0.1) is 6.92 Å². The minimum Gasteiger partial charge on any atom is -0.378 e. The monoisotopic (exact) mass is 316 g/mol. The number of nitrogens with two attached hydrogens (primary N) is 1. The lowest BCUT2D eigenvalue weighted by Gasteiger charge is -1.98. The van der Waals surface area contributed by atoms with Crippen molar-refractivity contribution in [1.29, 1.82) is 0 Å². The maximum absolute atomic E-state index is 5.65. The standard InChI is InChI=1S/C12H12N8OS/c1-7(15-14-6-9-4-3-5-22-9)10-8(2)20(19-16-10)12-11(13)17-21-18-12/h3-6H,1-2H3,(H2,13,17)/b14-6-,15-7-. The molecule has 0 amide bonds. The number of anilines is 1. The SMILES string of the molecule is C/C(=N/N=C\c1cccs1)c1nnn(-c2nonc2N)c1C. The van der Waals surface area contributed by atoms with Gasteiger partial charge in [-0.25, -0.2) is 4.63 Å². The predicted molar refractivity (Wildman–Crippen MR) is 82.5 cm³/mol. The van der Waals surface area contributed by atoms with Gasteiger partial charge in [-0.15, -0.1) is 16.4 Å². The fraction of sp³-hybridized carbons (Fsp3) is 0.167. The number of hydrogen-bond donors (Lipinski definition) is 1. The third kappa shape index (κ3) is 2.63. The maximum Gasteiger partial charge on any atom is 0.243 e. The molecule has 0 spiro atoms. The zero-order valence-electron chi connectivity index (χ0n) is 11.8. The molecule has 0 aliphatic heterocycles. The third-order valence-electron chi connectivity index (χ3n) is 2.87. The highest BCUT2D eigenvalue weighted by Gasteiger charge is 2.17. The molecule has 9 nitrogen and oxygen atoms in total. The summed E-state index contributed by atoms with van der Waals surface area (Å²) in [5.74, 6) is 0.441. The Morgan fingerprint density at radius 3 is 3.00 bits per heavy atom. The van der Waals surface area contributed by atoms with E-state index in [-0.39, 0.29) is 5.82 Å². The summed E-state index contributed by atoms with van der Waals surface area (Å²) in [4.78, 5) is 1.03. The van der Waals surface area contributed by atoms with Crippen LogP contribution in [0.1, 0.15) is 23.2 Å². The molecule has 112 valence electrons. The Bertz CT molecular complexity index is 829. The van der Waals surface area contributed by atoms with Crippen LogP contribution in [0.15, 0.2) is 32.3 Å². The lowest BCUT2D eigenvalue weighted by Crippen LogP contribution is -2.04. The van der Waals surface area contributed by atoms with Crippen LogP contribution in [0.25, 0.3) is 5.82 Å². The van der Waals surface area contributed by atoms with Crippen molar-refractivity contribution in [2.75, 3.05) is 5.73 Å². The molecule has 0 radical (unpaired) electrons. The first kappa shape index (κ1) is 14.1. The first-order valence-electron chi connectivity index (χ1n) is 6.29. The van der Waals surface area contributed by atoms with Crippen LogP contribution in [0.4, 0.5) is 5.82 Å². The van der Waals surface area contributed by atoms with Gasteiger partial charge in [0.1, 0.15) is 5.69 Å². The molecule has 22 heavy (non-hydrogen) atoms. The van der Waals surface area contributed by atoms with Gasteiger partial charge < -0.3 is 5.73 Å². The van der Waals surface area contributed by atoms with Gasteiger partial charge in [-0.05, 0) is 35.6 Å². The second-order valence-corrected chi connectivity index (χ2v) is 5.33. The summed E-state index contributed by atoms with van der Waals surface area (Å²) >= 11 is 1.59. The van der Waals surface area contributed by atoms with E-state index in [0.717, 1.165) is 10.6 Å². The number of nitrogens with zero attached hydrogens (tertiary/aromatic N) is 7. The first-order chi connectivity index (χ1) is 10.7. The molecule has 0 aromatic carbocycles. The third-order valence-corrected chi connectivity index (χ3v) is 3.68. The molecule has 10 heteroatoms. The Balaban J connectivity index is 1.86. The van der Waals surface area contributed by atoms with Gasteiger partial charge >= 0.3 is 0 Å². The zero-order valence-corrected chi connectivity index (χ0v) is 12.7. The van der Waals surface area contributed by atoms with Gasteiger partial charge in [0.2, 0.25) is 11.6 Å². The topological polar surface area (TPSA) is 120 Å². The Labute approximate surface area is 129 Å². The van der Waals surface area contributed by atoms with E-state index in [1.165, 1.54) is 4.68 Å². The van der Waals surface area contributed by atoms with Crippen molar-refractivity contribution in [2.45, 2.75) is 13.8 Å². The molecule has 3 aromatic rings. The Morgan fingerprint density at radius 2 is 2.32 bits per heavy atom. The van der Waals surface area contributed by atoms with Crippen molar-refractivity contribution >= 4 is 29.1 Å². The lowest BCUT2D eigenvalue weighted by atomic mass is 10.2. The summed E-state index contributed by atoms with van der Waals surface area (Å²) in [6.45, 7) is 3.63. The summed E-state index contributed by atoms with van der Waals surface area (Å²) in [5, 5.41) is 25.4. The molecule has 0 aliphatic carbocycles. The van der Waals surface area contributed by atoms with E-state index in [4.69, 9.17) is 5.73 Å². The van der Waals surface area contributed by atoms with Gasteiger partial charge in [-0.1, -0.05) is 11.3 Å². The quantitative estimate of drug-likeness (QED) is 0.574. The highest BCUT2D eigenvalue weighted by molar-refractivity contribution is 7.11. The average molecular weight is 316 g/mol. The minimum absolute atomic E-state index is 0.143. The van der Waals surface area contributed by atoms with Crippen LogP contribution in [0.2, 0.25) is 0 Å². The van der Waals surface area contributed by atoms with Crippen LogP contribution < -0.4 is 5.73 Å². The van der Waals surface area contributed by atoms with Crippen molar-refractivity contribution in [3.8, 4) is 5.82 Å². The molecule has 3 aromatic heterocycles. The minimum atomic E-state index is 0.143. The van der Waals surface area contributed by atoms with Crippen molar-refractivity contribution in [3.05, 3.63) is 33.8 Å². The van der Waals surface area contributed by atoms with Crippen LogP contribution in [-0.2, 0) is 0 Å². The lowest BCUT2D eigenvalue weighted by molar-refractivity contribution is 0.306. The van der Waals surface area contributed by atoms with E-state index in [9.17, 15) is 0 Å². The fourth-order valence-electron chi connectivity index (χ4n) is 1.79. The molecule has 0 unspecified atom stereocenters. The smallest absolute Gasteiger partial charge is 0.243 e. The highest BCUT2D eigenvalue weighted by atomic mass is 32.1. The molecule has 0 saturated carbocycles. The molecule has 0 bridgehead atoms. The molecule has 3 heterocycles. The fourth-order valence-corrected chi connectivity index (χ4v) is 2.37. The van der Waals surface area contributed by atoms with Crippen molar-refractivity contribution in [1.82, 2.24) is 25.3 Å². The summed E-state index contributed by atoms with van der Waals surface area (Å²) in [6, 6.07) is 3.91. The Kier molecular flexibility index (Phi) is 3.74. The second kappa shape index (κ2) is 5.85. The number of nitrogen functional groups attached to an aromatic ring is 1. The largest absolute Gasteiger partial charge is 0.378 e. The summed E-state index contributed by atoms with van der Waals surface area (Å²) in [5.41, 5.74) is 7.60. The Morgan fingerprint density at radius 1 is 1.45 bits per heavy atom. The Hall–Kier alpha value is -2.88. The number of hydrogen-bond acceptors (Lipinski definition) is 9. The van der Waals surface area contributed by atoms with Crippen molar-refractivity contribution < 1.29 is 4.63 Å². The van der Waals surface area contributed by atoms with Gasteiger partial charge in [0.15, 0.2) is 0 Å². The predicted octanol–water partition coefficient (Wildman–Crippen LogP) is 1.45. The summed E-state index contributed by atoms with van der Waals surface area (Å²) in [6.07, 6.45) is 1.69. The van der Waals surface area contributed by atoms with Crippen molar-refractivity contribution in [3.63, 3.8) is 0 Å². The number of aromatic nitrogens is 5. The highest BCUT2D eigenvalue weighted by Crippen LogP contribution is 2.15.